The first-order chi connectivity index (χ1) is 16.7. The number of anilines is 2. The fraction of sp³-hybridized carbons (Fsp3) is 0.375. The minimum atomic E-state index is -4.54. The van der Waals surface area contributed by atoms with E-state index in [1.54, 1.807) is 23.5 Å². The van der Waals surface area contributed by atoms with Gasteiger partial charge in [-0.1, -0.05) is 63.9 Å². The van der Waals surface area contributed by atoms with Crippen LogP contribution in [0.15, 0.2) is 30.3 Å². The van der Waals surface area contributed by atoms with Crippen LogP contribution in [0.25, 0.3) is 11.0 Å². The summed E-state index contributed by atoms with van der Waals surface area (Å²) in [6.45, 7) is 8.27. The molecule has 4 N–H and O–H groups in total. The summed E-state index contributed by atoms with van der Waals surface area (Å²) in [6, 6.07) is 7.90. The second kappa shape index (κ2) is 11.8. The van der Waals surface area contributed by atoms with E-state index in [2.05, 4.69) is 20.6 Å². The van der Waals surface area contributed by atoms with E-state index >= 15 is 0 Å². The van der Waals surface area contributed by atoms with Crippen LogP contribution in [0.3, 0.4) is 0 Å². The van der Waals surface area contributed by atoms with Gasteiger partial charge in [-0.2, -0.15) is 13.2 Å². The Morgan fingerprint density at radius 2 is 1.67 bits per heavy atom. The van der Waals surface area contributed by atoms with Crippen LogP contribution < -0.4 is 16.0 Å². The van der Waals surface area contributed by atoms with E-state index in [1.165, 1.54) is 12.1 Å². The summed E-state index contributed by atoms with van der Waals surface area (Å²) in [4.78, 5) is 31.5. The van der Waals surface area contributed by atoms with Crippen LogP contribution in [-0.2, 0) is 11.3 Å². The molecular weight excluding hydrogens is 518 g/mol. The quantitative estimate of drug-likeness (QED) is 0.280. The maximum absolute atomic E-state index is 12.4. The van der Waals surface area contributed by atoms with E-state index in [4.69, 9.17) is 23.2 Å². The summed E-state index contributed by atoms with van der Waals surface area (Å²) in [5, 5.41) is 8.04. The maximum Gasteiger partial charge on any atom is 0.405 e. The molecule has 196 valence electrons. The number of hydrogen-bond acceptors (Lipinski definition) is 4. The molecule has 36 heavy (non-hydrogen) atoms. The number of nitrogens with one attached hydrogen (secondary N) is 4. The number of H-pyrrole nitrogens is 1. The van der Waals surface area contributed by atoms with Gasteiger partial charge in [-0.15, -0.1) is 0 Å². The number of aromatic amines is 1. The Bertz CT molecular complexity index is 1240. The molecule has 1 aromatic heterocycles. The average Bonchev–Trinajstić information content (AvgIpc) is 3.18. The number of nitrogens with zero attached hydrogens (tertiary/aromatic N) is 1. The number of alkyl halides is 3. The van der Waals surface area contributed by atoms with Crippen molar-refractivity contribution in [3.8, 4) is 0 Å². The number of rotatable bonds is 6. The summed E-state index contributed by atoms with van der Waals surface area (Å²) >= 11 is 12.4. The van der Waals surface area contributed by atoms with Crippen molar-refractivity contribution >= 4 is 57.7 Å². The fourth-order valence-electron chi connectivity index (χ4n) is 2.89. The van der Waals surface area contributed by atoms with E-state index in [1.807, 2.05) is 34.6 Å². The van der Waals surface area contributed by atoms with Crippen molar-refractivity contribution in [2.45, 2.75) is 47.3 Å². The van der Waals surface area contributed by atoms with Crippen LogP contribution in [-0.4, -0.2) is 34.5 Å². The van der Waals surface area contributed by atoms with E-state index in [0.717, 1.165) is 5.56 Å². The van der Waals surface area contributed by atoms with Gasteiger partial charge in [-0.05, 0) is 29.8 Å². The van der Waals surface area contributed by atoms with Gasteiger partial charge in [0.05, 0.1) is 32.3 Å². The highest BCUT2D eigenvalue weighted by atomic mass is 35.5. The first kappa shape index (κ1) is 29.3. The standard InChI is InChI=1S/C22H22Cl2F3N5O2.C2H6/c1-21(2,3)19(34)28-9-11-4-5-13(23)15(6-11)30-20-31-16-7-12(14(24)8-17(16)32-20)18(33)29-10-22(25,26)27;1-2/h4-8H,9-10H2,1-3H3,(H,28,34)(H,29,33)(H2,30,31,32);1-2H3. The van der Waals surface area contributed by atoms with E-state index in [0.29, 0.717) is 28.3 Å². The predicted molar refractivity (Wildman–Crippen MR) is 137 cm³/mol. The highest BCUT2D eigenvalue weighted by Crippen LogP contribution is 2.29. The average molecular weight is 546 g/mol. The summed E-state index contributed by atoms with van der Waals surface area (Å²) in [6.07, 6.45) is -4.54. The number of carbonyl (C=O) groups is 2. The molecule has 0 fully saturated rings. The predicted octanol–water partition coefficient (Wildman–Crippen LogP) is 6.59. The van der Waals surface area contributed by atoms with Gasteiger partial charge in [0.15, 0.2) is 0 Å². The topological polar surface area (TPSA) is 98.9 Å². The zero-order valence-corrected chi connectivity index (χ0v) is 22.0. The normalized spacial score (nSPS) is 11.5. The van der Waals surface area contributed by atoms with Crippen molar-refractivity contribution in [2.75, 3.05) is 11.9 Å². The van der Waals surface area contributed by atoms with Gasteiger partial charge in [-0.3, -0.25) is 9.59 Å². The Kier molecular flexibility index (Phi) is 9.62. The lowest BCUT2D eigenvalue weighted by Crippen LogP contribution is -2.34. The number of carbonyl (C=O) groups excluding carboxylic acids is 2. The van der Waals surface area contributed by atoms with Crippen LogP contribution in [0.5, 0.6) is 0 Å². The second-order valence-electron chi connectivity index (χ2n) is 8.60. The third-order valence-corrected chi connectivity index (χ3v) is 5.33. The molecule has 0 bridgehead atoms. The van der Waals surface area contributed by atoms with Crippen molar-refractivity contribution in [2.24, 2.45) is 5.41 Å². The summed E-state index contributed by atoms with van der Waals surface area (Å²) in [5.74, 6) is -0.785. The first-order valence-electron chi connectivity index (χ1n) is 11.1. The number of fused-ring (bicyclic) bond motifs is 1. The van der Waals surface area contributed by atoms with Crippen molar-refractivity contribution < 1.29 is 22.8 Å². The smallest absolute Gasteiger partial charge is 0.352 e. The third kappa shape index (κ3) is 8.03. The van der Waals surface area contributed by atoms with Crippen LogP contribution in [0.2, 0.25) is 10.0 Å². The van der Waals surface area contributed by atoms with E-state index in [-0.39, 0.29) is 22.4 Å². The Morgan fingerprint density at radius 3 is 2.28 bits per heavy atom. The lowest BCUT2D eigenvalue weighted by atomic mass is 9.95. The molecule has 3 rings (SSSR count). The number of hydrogen-bond donors (Lipinski definition) is 4. The molecule has 0 saturated heterocycles. The molecule has 0 spiro atoms. The zero-order valence-electron chi connectivity index (χ0n) is 20.5. The largest absolute Gasteiger partial charge is 0.405 e. The Balaban J connectivity index is 0.00000222. The van der Waals surface area contributed by atoms with Crippen molar-refractivity contribution in [3.63, 3.8) is 0 Å². The lowest BCUT2D eigenvalue weighted by Gasteiger charge is -2.18. The molecule has 0 saturated carbocycles. The molecule has 3 aromatic rings. The number of aromatic nitrogens is 2. The van der Waals surface area contributed by atoms with Crippen LogP contribution >= 0.6 is 23.2 Å². The molecular formula is C24H28Cl2F3N5O2. The Hall–Kier alpha value is -2.98. The second-order valence-corrected chi connectivity index (χ2v) is 9.42. The minimum Gasteiger partial charge on any atom is -0.352 e. The monoisotopic (exact) mass is 545 g/mol. The highest BCUT2D eigenvalue weighted by Gasteiger charge is 2.28. The van der Waals surface area contributed by atoms with E-state index in [9.17, 15) is 22.8 Å². The van der Waals surface area contributed by atoms with Crippen molar-refractivity contribution in [1.29, 1.82) is 0 Å². The molecule has 0 atom stereocenters. The van der Waals surface area contributed by atoms with Crippen molar-refractivity contribution in [3.05, 3.63) is 51.5 Å². The third-order valence-electron chi connectivity index (χ3n) is 4.68. The summed E-state index contributed by atoms with van der Waals surface area (Å²) < 4.78 is 37.2. The van der Waals surface area contributed by atoms with Crippen LogP contribution in [0.4, 0.5) is 24.8 Å². The number of imidazole rings is 1. The van der Waals surface area contributed by atoms with Crippen LogP contribution in [0, 0.1) is 5.41 Å². The molecule has 12 heteroatoms. The van der Waals surface area contributed by atoms with Gasteiger partial charge in [0, 0.05) is 12.0 Å². The minimum absolute atomic E-state index is 0.0306. The maximum atomic E-state index is 12.4. The zero-order chi connectivity index (χ0) is 27.3. The first-order valence-corrected chi connectivity index (χ1v) is 11.9. The molecule has 1 heterocycles. The molecule has 7 nitrogen and oxygen atoms in total. The molecule has 0 radical (unpaired) electrons. The number of halogens is 5. The molecule has 0 aliphatic heterocycles. The molecule has 0 unspecified atom stereocenters. The number of benzene rings is 2. The van der Waals surface area contributed by atoms with Crippen molar-refractivity contribution in [1.82, 2.24) is 20.6 Å². The molecule has 2 amide bonds. The fourth-order valence-corrected chi connectivity index (χ4v) is 3.31. The highest BCUT2D eigenvalue weighted by molar-refractivity contribution is 6.34. The van der Waals surface area contributed by atoms with Gasteiger partial charge in [0.2, 0.25) is 11.9 Å². The van der Waals surface area contributed by atoms with Gasteiger partial charge in [-0.25, -0.2) is 4.98 Å². The molecule has 0 aliphatic rings. The van der Waals surface area contributed by atoms with E-state index < -0.39 is 24.0 Å². The van der Waals surface area contributed by atoms with Crippen LogP contribution in [0.1, 0.15) is 50.5 Å². The molecule has 2 aromatic carbocycles. The summed E-state index contributed by atoms with van der Waals surface area (Å²) in [7, 11) is 0. The lowest BCUT2D eigenvalue weighted by molar-refractivity contribution is -0.128. The SMILES string of the molecule is CC.CC(C)(C)C(=O)NCc1ccc(Cl)c(Nc2nc3cc(C(=O)NCC(F)(F)F)c(Cl)cc3[nH]2)c1. The van der Waals surface area contributed by atoms with Gasteiger partial charge < -0.3 is 20.9 Å². The Labute approximate surface area is 217 Å². The van der Waals surface area contributed by atoms with Gasteiger partial charge in [0.1, 0.15) is 6.54 Å². The van der Waals surface area contributed by atoms with Gasteiger partial charge in [0.25, 0.3) is 5.91 Å². The summed E-state index contributed by atoms with van der Waals surface area (Å²) in [5.41, 5.74) is 1.43. The number of amides is 2. The molecule has 0 aliphatic carbocycles. The van der Waals surface area contributed by atoms with Gasteiger partial charge >= 0.3 is 6.18 Å². The Morgan fingerprint density at radius 1 is 1.00 bits per heavy atom.